The van der Waals surface area contributed by atoms with Crippen molar-refractivity contribution in [2.45, 2.75) is 18.9 Å². The monoisotopic (exact) mass is 225 g/mol. The Morgan fingerprint density at radius 2 is 2.27 bits per heavy atom. The van der Waals surface area contributed by atoms with E-state index in [1.807, 2.05) is 5.38 Å². The molecule has 0 radical (unpaired) electrons. The van der Waals surface area contributed by atoms with E-state index in [9.17, 15) is 9.59 Å². The number of hydrogen-bond acceptors (Lipinski definition) is 3. The van der Waals surface area contributed by atoms with Gasteiger partial charge in [-0.05, 0) is 24.3 Å². The summed E-state index contributed by atoms with van der Waals surface area (Å²) >= 11 is 1.44. The van der Waals surface area contributed by atoms with E-state index >= 15 is 0 Å². The maximum absolute atomic E-state index is 11.9. The molecule has 15 heavy (non-hydrogen) atoms. The van der Waals surface area contributed by atoms with Crippen LogP contribution in [0.3, 0.4) is 0 Å². The quantitative estimate of drug-likeness (QED) is 0.843. The lowest BCUT2D eigenvalue weighted by Crippen LogP contribution is -2.37. The molecule has 1 aromatic heterocycles. The molecule has 0 spiro atoms. The lowest BCUT2D eigenvalue weighted by atomic mass is 10.3. The summed E-state index contributed by atoms with van der Waals surface area (Å²) in [6.45, 7) is -0.195. The van der Waals surface area contributed by atoms with E-state index in [0.717, 1.165) is 12.8 Å². The number of nitrogens with zero attached hydrogens (tertiary/aromatic N) is 1. The molecule has 0 bridgehead atoms. The lowest BCUT2D eigenvalue weighted by molar-refractivity contribution is -0.137. The van der Waals surface area contributed by atoms with Crippen molar-refractivity contribution in [2.24, 2.45) is 0 Å². The average molecular weight is 225 g/mol. The van der Waals surface area contributed by atoms with Gasteiger partial charge in [-0.15, -0.1) is 0 Å². The van der Waals surface area contributed by atoms with Crippen LogP contribution in [0.2, 0.25) is 0 Å². The van der Waals surface area contributed by atoms with E-state index < -0.39 is 5.97 Å². The fraction of sp³-hybridized carbons (Fsp3) is 0.400. The van der Waals surface area contributed by atoms with Crippen molar-refractivity contribution in [3.05, 3.63) is 22.4 Å². The van der Waals surface area contributed by atoms with Gasteiger partial charge in [0.1, 0.15) is 6.54 Å². The first-order chi connectivity index (χ1) is 7.18. The second-order valence-electron chi connectivity index (χ2n) is 3.57. The van der Waals surface area contributed by atoms with Crippen LogP contribution in [0, 0.1) is 0 Å². The topological polar surface area (TPSA) is 57.6 Å². The Bertz CT molecular complexity index is 370. The van der Waals surface area contributed by atoms with E-state index in [0.29, 0.717) is 5.56 Å². The number of thiophene rings is 1. The highest BCUT2D eigenvalue weighted by Gasteiger charge is 2.34. The van der Waals surface area contributed by atoms with Crippen LogP contribution in [-0.4, -0.2) is 34.5 Å². The molecule has 80 valence electrons. The molecule has 0 aromatic carbocycles. The average Bonchev–Trinajstić information content (AvgIpc) is 2.88. The number of aliphatic carboxylic acids is 1. The highest BCUT2D eigenvalue weighted by Crippen LogP contribution is 2.28. The Kier molecular flexibility index (Phi) is 2.73. The molecule has 5 heteroatoms. The third kappa shape index (κ3) is 2.36. The second kappa shape index (κ2) is 4.02. The van der Waals surface area contributed by atoms with E-state index in [4.69, 9.17) is 5.11 Å². The zero-order valence-electron chi connectivity index (χ0n) is 8.05. The number of amides is 1. The maximum Gasteiger partial charge on any atom is 0.323 e. The standard InChI is InChI=1S/C10H11NO3S/c12-9(13)5-11(8-1-2-8)10(14)7-3-4-15-6-7/h3-4,6,8H,1-2,5H2,(H,12,13). The number of carbonyl (C=O) groups excluding carboxylic acids is 1. The van der Waals surface area contributed by atoms with Gasteiger partial charge < -0.3 is 10.0 Å². The summed E-state index contributed by atoms with van der Waals surface area (Å²) in [5.41, 5.74) is 0.591. The number of carboxylic acids is 1. The minimum Gasteiger partial charge on any atom is -0.480 e. The van der Waals surface area contributed by atoms with Crippen molar-refractivity contribution in [3.63, 3.8) is 0 Å². The van der Waals surface area contributed by atoms with Crippen LogP contribution in [0.5, 0.6) is 0 Å². The molecule has 0 aliphatic heterocycles. The normalized spacial score (nSPS) is 14.9. The Labute approximate surface area is 91.1 Å². The van der Waals surface area contributed by atoms with Crippen LogP contribution in [0.25, 0.3) is 0 Å². The van der Waals surface area contributed by atoms with Crippen LogP contribution in [0.15, 0.2) is 16.8 Å². The van der Waals surface area contributed by atoms with Crippen molar-refractivity contribution in [1.29, 1.82) is 0 Å². The number of carboxylic acid groups (broad SMARTS) is 1. The molecule has 1 amide bonds. The molecule has 1 aromatic rings. The van der Waals surface area contributed by atoms with Crippen LogP contribution in [0.4, 0.5) is 0 Å². The molecule has 1 aliphatic carbocycles. The highest BCUT2D eigenvalue weighted by atomic mass is 32.1. The Morgan fingerprint density at radius 1 is 1.53 bits per heavy atom. The van der Waals surface area contributed by atoms with Crippen molar-refractivity contribution in [3.8, 4) is 0 Å². The van der Waals surface area contributed by atoms with E-state index in [1.54, 1.807) is 11.4 Å². The van der Waals surface area contributed by atoms with Gasteiger partial charge in [-0.1, -0.05) is 0 Å². The van der Waals surface area contributed by atoms with Gasteiger partial charge in [0.05, 0.1) is 5.56 Å². The zero-order valence-corrected chi connectivity index (χ0v) is 8.87. The maximum atomic E-state index is 11.9. The van der Waals surface area contributed by atoms with Crippen molar-refractivity contribution in [1.82, 2.24) is 4.90 Å². The number of hydrogen-bond donors (Lipinski definition) is 1. The lowest BCUT2D eigenvalue weighted by Gasteiger charge is -2.19. The van der Waals surface area contributed by atoms with Crippen LogP contribution in [0.1, 0.15) is 23.2 Å². The molecular formula is C10H11NO3S. The van der Waals surface area contributed by atoms with Gasteiger partial charge in [0.2, 0.25) is 0 Å². The van der Waals surface area contributed by atoms with Gasteiger partial charge in [0.25, 0.3) is 5.91 Å². The molecule has 1 N–H and O–H groups in total. The predicted octanol–water partition coefficient (Wildman–Crippen LogP) is 1.44. The van der Waals surface area contributed by atoms with Gasteiger partial charge in [0, 0.05) is 11.4 Å². The molecule has 0 saturated heterocycles. The van der Waals surface area contributed by atoms with Gasteiger partial charge in [-0.3, -0.25) is 9.59 Å². The molecule has 0 unspecified atom stereocenters. The van der Waals surface area contributed by atoms with E-state index in [1.165, 1.54) is 16.2 Å². The summed E-state index contributed by atoms with van der Waals surface area (Å²) in [4.78, 5) is 24.0. The molecule has 2 rings (SSSR count). The predicted molar refractivity (Wildman–Crippen MR) is 56.0 cm³/mol. The minimum absolute atomic E-state index is 0.133. The fourth-order valence-electron chi connectivity index (χ4n) is 1.45. The Morgan fingerprint density at radius 3 is 2.73 bits per heavy atom. The molecule has 4 nitrogen and oxygen atoms in total. The van der Waals surface area contributed by atoms with Gasteiger partial charge in [-0.25, -0.2) is 0 Å². The first-order valence-corrected chi connectivity index (χ1v) is 5.67. The molecule has 1 saturated carbocycles. The summed E-state index contributed by atoms with van der Waals surface area (Å²) < 4.78 is 0. The summed E-state index contributed by atoms with van der Waals surface area (Å²) in [5, 5.41) is 12.3. The number of rotatable bonds is 4. The minimum atomic E-state index is -0.953. The Hall–Kier alpha value is -1.36. The molecule has 1 aliphatic rings. The van der Waals surface area contributed by atoms with Crippen molar-refractivity contribution < 1.29 is 14.7 Å². The third-order valence-corrected chi connectivity index (χ3v) is 3.01. The third-order valence-electron chi connectivity index (χ3n) is 2.32. The van der Waals surface area contributed by atoms with Crippen molar-refractivity contribution >= 4 is 23.2 Å². The smallest absolute Gasteiger partial charge is 0.323 e. The largest absolute Gasteiger partial charge is 0.480 e. The Balaban J connectivity index is 2.10. The van der Waals surface area contributed by atoms with Gasteiger partial charge in [-0.2, -0.15) is 11.3 Å². The zero-order chi connectivity index (χ0) is 10.8. The SMILES string of the molecule is O=C(O)CN(C(=O)c1ccsc1)C1CC1. The molecule has 1 heterocycles. The summed E-state index contributed by atoms with van der Waals surface area (Å²) in [6.07, 6.45) is 1.84. The summed E-state index contributed by atoms with van der Waals surface area (Å²) in [5.74, 6) is -1.12. The molecule has 0 atom stereocenters. The first kappa shape index (κ1) is 10.2. The van der Waals surface area contributed by atoms with E-state index in [-0.39, 0.29) is 18.5 Å². The first-order valence-electron chi connectivity index (χ1n) is 4.73. The molecule has 1 fully saturated rings. The second-order valence-corrected chi connectivity index (χ2v) is 4.35. The van der Waals surface area contributed by atoms with Gasteiger partial charge in [0.15, 0.2) is 0 Å². The van der Waals surface area contributed by atoms with E-state index in [2.05, 4.69) is 0 Å². The van der Waals surface area contributed by atoms with Crippen LogP contribution < -0.4 is 0 Å². The van der Waals surface area contributed by atoms with Crippen LogP contribution in [-0.2, 0) is 4.79 Å². The summed E-state index contributed by atoms with van der Waals surface area (Å²) in [7, 11) is 0. The number of carbonyl (C=O) groups is 2. The molecular weight excluding hydrogens is 214 g/mol. The fourth-order valence-corrected chi connectivity index (χ4v) is 2.08. The van der Waals surface area contributed by atoms with Gasteiger partial charge >= 0.3 is 5.97 Å². The van der Waals surface area contributed by atoms with Crippen molar-refractivity contribution in [2.75, 3.05) is 6.54 Å². The van der Waals surface area contributed by atoms with Crippen LogP contribution >= 0.6 is 11.3 Å². The summed E-state index contributed by atoms with van der Waals surface area (Å²) in [6, 6.07) is 1.86. The highest BCUT2D eigenvalue weighted by molar-refractivity contribution is 7.08.